The third-order valence-corrected chi connectivity index (χ3v) is 2.90. The van der Waals surface area contributed by atoms with Gasteiger partial charge in [0.25, 0.3) is 0 Å². The van der Waals surface area contributed by atoms with Gasteiger partial charge < -0.3 is 10.1 Å². The lowest BCUT2D eigenvalue weighted by molar-refractivity contribution is 0.397. The fourth-order valence-electron chi connectivity index (χ4n) is 1.39. The van der Waals surface area contributed by atoms with Crippen molar-refractivity contribution in [2.75, 3.05) is 12.4 Å². The van der Waals surface area contributed by atoms with Gasteiger partial charge in [-0.2, -0.15) is 0 Å². The van der Waals surface area contributed by atoms with E-state index in [1.807, 2.05) is 18.2 Å². The molecule has 4 nitrogen and oxygen atoms in total. The van der Waals surface area contributed by atoms with Crippen molar-refractivity contribution in [1.29, 1.82) is 0 Å². The van der Waals surface area contributed by atoms with Gasteiger partial charge in [0.05, 0.1) is 17.3 Å². The SMILES string of the molecule is COc1cc(CNc2ccncc2Br)ccn1. The van der Waals surface area contributed by atoms with Crippen molar-refractivity contribution >= 4 is 21.6 Å². The molecule has 0 aliphatic carbocycles. The van der Waals surface area contributed by atoms with Crippen LogP contribution in [0.2, 0.25) is 0 Å². The van der Waals surface area contributed by atoms with Crippen molar-refractivity contribution in [2.24, 2.45) is 0 Å². The van der Waals surface area contributed by atoms with E-state index < -0.39 is 0 Å². The van der Waals surface area contributed by atoms with Gasteiger partial charge in [0.2, 0.25) is 5.88 Å². The molecule has 0 bridgehead atoms. The largest absolute Gasteiger partial charge is 0.481 e. The maximum Gasteiger partial charge on any atom is 0.213 e. The molecule has 0 atom stereocenters. The number of hydrogen-bond donors (Lipinski definition) is 1. The van der Waals surface area contributed by atoms with Gasteiger partial charge in [0.15, 0.2) is 0 Å². The molecule has 2 heterocycles. The Bertz CT molecular complexity index is 505. The zero-order valence-electron chi connectivity index (χ0n) is 9.35. The summed E-state index contributed by atoms with van der Waals surface area (Å²) >= 11 is 3.44. The Morgan fingerprint density at radius 3 is 3.00 bits per heavy atom. The monoisotopic (exact) mass is 293 g/mol. The lowest BCUT2D eigenvalue weighted by atomic mass is 10.2. The molecule has 0 aliphatic heterocycles. The van der Waals surface area contributed by atoms with Crippen LogP contribution < -0.4 is 10.1 Å². The fraction of sp³-hybridized carbons (Fsp3) is 0.167. The number of pyridine rings is 2. The third kappa shape index (κ3) is 3.17. The third-order valence-electron chi connectivity index (χ3n) is 2.26. The van der Waals surface area contributed by atoms with Crippen molar-refractivity contribution < 1.29 is 4.74 Å². The van der Waals surface area contributed by atoms with E-state index in [1.165, 1.54) is 0 Å². The van der Waals surface area contributed by atoms with Crippen molar-refractivity contribution in [1.82, 2.24) is 9.97 Å². The molecule has 2 rings (SSSR count). The highest BCUT2D eigenvalue weighted by atomic mass is 79.9. The summed E-state index contributed by atoms with van der Waals surface area (Å²) in [5.41, 5.74) is 2.12. The quantitative estimate of drug-likeness (QED) is 0.942. The summed E-state index contributed by atoms with van der Waals surface area (Å²) in [5.74, 6) is 0.623. The molecule has 88 valence electrons. The maximum atomic E-state index is 5.07. The van der Waals surface area contributed by atoms with E-state index in [4.69, 9.17) is 4.74 Å². The van der Waals surface area contributed by atoms with Crippen molar-refractivity contribution in [3.63, 3.8) is 0 Å². The number of nitrogens with zero attached hydrogens (tertiary/aromatic N) is 2. The van der Waals surface area contributed by atoms with Gasteiger partial charge in [0.1, 0.15) is 0 Å². The van der Waals surface area contributed by atoms with Crippen LogP contribution in [0.5, 0.6) is 5.88 Å². The number of ether oxygens (including phenoxy) is 1. The van der Waals surface area contributed by atoms with E-state index in [0.29, 0.717) is 12.4 Å². The molecule has 0 spiro atoms. The average molecular weight is 294 g/mol. The average Bonchev–Trinajstić information content (AvgIpc) is 2.38. The van der Waals surface area contributed by atoms with Crippen LogP contribution >= 0.6 is 15.9 Å². The second-order valence-electron chi connectivity index (χ2n) is 3.42. The first-order valence-electron chi connectivity index (χ1n) is 5.12. The molecule has 5 heteroatoms. The zero-order chi connectivity index (χ0) is 12.1. The predicted molar refractivity (Wildman–Crippen MR) is 70.1 cm³/mol. The summed E-state index contributed by atoms with van der Waals surface area (Å²) in [6, 6.07) is 5.77. The first-order valence-corrected chi connectivity index (χ1v) is 5.91. The lowest BCUT2D eigenvalue weighted by Gasteiger charge is -2.08. The Morgan fingerprint density at radius 1 is 1.35 bits per heavy atom. The molecule has 0 aliphatic rings. The lowest BCUT2D eigenvalue weighted by Crippen LogP contribution is -2.01. The van der Waals surface area contributed by atoms with Gasteiger partial charge in [-0.25, -0.2) is 4.98 Å². The molecule has 2 aromatic rings. The summed E-state index contributed by atoms with van der Waals surface area (Å²) in [4.78, 5) is 8.07. The fourth-order valence-corrected chi connectivity index (χ4v) is 1.78. The highest BCUT2D eigenvalue weighted by Gasteiger charge is 2.00. The van der Waals surface area contributed by atoms with E-state index in [0.717, 1.165) is 15.7 Å². The van der Waals surface area contributed by atoms with Crippen LogP contribution in [0.3, 0.4) is 0 Å². The standard InChI is InChI=1S/C12H12BrN3O/c1-17-12-6-9(2-5-15-12)7-16-11-3-4-14-8-10(11)13/h2-6,8H,7H2,1H3,(H,14,16). The van der Waals surface area contributed by atoms with E-state index in [-0.39, 0.29) is 0 Å². The summed E-state index contributed by atoms with van der Waals surface area (Å²) in [6.45, 7) is 0.710. The Balaban J connectivity index is 2.05. The molecule has 0 fully saturated rings. The van der Waals surface area contributed by atoms with Crippen LogP contribution in [0.25, 0.3) is 0 Å². The zero-order valence-corrected chi connectivity index (χ0v) is 10.9. The van der Waals surface area contributed by atoms with Gasteiger partial charge in [-0.3, -0.25) is 4.98 Å². The number of halogens is 1. The first-order chi connectivity index (χ1) is 8.29. The molecule has 1 N–H and O–H groups in total. The minimum Gasteiger partial charge on any atom is -0.481 e. The van der Waals surface area contributed by atoms with Gasteiger partial charge in [-0.05, 0) is 33.6 Å². The molecule has 2 aromatic heterocycles. The summed E-state index contributed by atoms with van der Waals surface area (Å²) < 4.78 is 6.02. The van der Waals surface area contributed by atoms with E-state index in [2.05, 4.69) is 31.2 Å². The Labute approximate surface area is 108 Å². The van der Waals surface area contributed by atoms with Crippen LogP contribution in [0, 0.1) is 0 Å². The maximum absolute atomic E-state index is 5.07. The van der Waals surface area contributed by atoms with Gasteiger partial charge in [0, 0.05) is 31.2 Å². The van der Waals surface area contributed by atoms with Crippen molar-refractivity contribution in [3.8, 4) is 5.88 Å². The van der Waals surface area contributed by atoms with Crippen LogP contribution in [-0.4, -0.2) is 17.1 Å². The van der Waals surface area contributed by atoms with Crippen LogP contribution in [0.15, 0.2) is 41.3 Å². The number of hydrogen-bond acceptors (Lipinski definition) is 4. The van der Waals surface area contributed by atoms with Crippen LogP contribution in [0.4, 0.5) is 5.69 Å². The molecular formula is C12H12BrN3O. The Kier molecular flexibility index (Phi) is 3.93. The molecule has 0 amide bonds. The molecule has 0 radical (unpaired) electrons. The van der Waals surface area contributed by atoms with Gasteiger partial charge in [-0.1, -0.05) is 0 Å². The molecule has 0 aromatic carbocycles. The Hall–Kier alpha value is -1.62. The molecule has 0 unspecified atom stereocenters. The predicted octanol–water partition coefficient (Wildman–Crippen LogP) is 2.86. The van der Waals surface area contributed by atoms with Gasteiger partial charge >= 0.3 is 0 Å². The molecule has 0 saturated carbocycles. The second kappa shape index (κ2) is 5.63. The molecule has 0 saturated heterocycles. The van der Waals surface area contributed by atoms with E-state index in [1.54, 1.807) is 25.7 Å². The van der Waals surface area contributed by atoms with Crippen LogP contribution in [0.1, 0.15) is 5.56 Å². The normalized spacial score (nSPS) is 10.0. The summed E-state index contributed by atoms with van der Waals surface area (Å²) in [7, 11) is 1.61. The van der Waals surface area contributed by atoms with Gasteiger partial charge in [-0.15, -0.1) is 0 Å². The highest BCUT2D eigenvalue weighted by molar-refractivity contribution is 9.10. The Morgan fingerprint density at radius 2 is 2.24 bits per heavy atom. The molecular weight excluding hydrogens is 282 g/mol. The first kappa shape index (κ1) is 11.9. The number of methoxy groups -OCH3 is 1. The van der Waals surface area contributed by atoms with Crippen LogP contribution in [-0.2, 0) is 6.54 Å². The number of anilines is 1. The number of rotatable bonds is 4. The minimum atomic E-state index is 0.623. The highest BCUT2D eigenvalue weighted by Crippen LogP contribution is 2.20. The van der Waals surface area contributed by atoms with E-state index in [9.17, 15) is 0 Å². The smallest absolute Gasteiger partial charge is 0.213 e. The molecule has 17 heavy (non-hydrogen) atoms. The summed E-state index contributed by atoms with van der Waals surface area (Å²) in [5, 5.41) is 3.31. The number of aromatic nitrogens is 2. The van der Waals surface area contributed by atoms with Crippen molar-refractivity contribution in [2.45, 2.75) is 6.54 Å². The van der Waals surface area contributed by atoms with Crippen molar-refractivity contribution in [3.05, 3.63) is 46.8 Å². The second-order valence-corrected chi connectivity index (χ2v) is 4.27. The summed E-state index contributed by atoms with van der Waals surface area (Å²) in [6.07, 6.45) is 5.24. The minimum absolute atomic E-state index is 0.623. The topological polar surface area (TPSA) is 47.0 Å². The van der Waals surface area contributed by atoms with E-state index >= 15 is 0 Å². The number of nitrogens with one attached hydrogen (secondary N) is 1.